The van der Waals surface area contributed by atoms with Crippen molar-refractivity contribution in [1.29, 1.82) is 0 Å². The van der Waals surface area contributed by atoms with Crippen molar-refractivity contribution in [3.05, 3.63) is 77.6 Å². The van der Waals surface area contributed by atoms with Crippen LogP contribution in [0.25, 0.3) is 6.08 Å². The Bertz CT molecular complexity index is 703. The Morgan fingerprint density at radius 2 is 1.83 bits per heavy atom. The van der Waals surface area contributed by atoms with Crippen LogP contribution in [-0.4, -0.2) is 23.9 Å². The topological polar surface area (TPSA) is 20.3 Å². The van der Waals surface area contributed by atoms with Crippen molar-refractivity contribution in [2.45, 2.75) is 19.3 Å². The fraction of sp³-hybridized carbons (Fsp3) is 0.286. The van der Waals surface area contributed by atoms with E-state index in [0.29, 0.717) is 5.92 Å². The summed E-state index contributed by atoms with van der Waals surface area (Å²) >= 11 is 0. The molecule has 0 atom stereocenters. The van der Waals surface area contributed by atoms with E-state index in [4.69, 9.17) is 0 Å². The molecule has 0 aliphatic carbocycles. The van der Waals surface area contributed by atoms with Gasteiger partial charge < -0.3 is 4.90 Å². The summed E-state index contributed by atoms with van der Waals surface area (Å²) in [5, 5.41) is 0. The molecular formula is C21H22FNO. The number of likely N-dealkylation sites (tertiary alicyclic amines) is 1. The number of amides is 1. The predicted octanol–water partition coefficient (Wildman–Crippen LogP) is 4.32. The van der Waals surface area contributed by atoms with Gasteiger partial charge in [0.25, 0.3) is 0 Å². The third-order valence-corrected chi connectivity index (χ3v) is 4.56. The summed E-state index contributed by atoms with van der Waals surface area (Å²) in [4.78, 5) is 14.2. The zero-order valence-electron chi connectivity index (χ0n) is 13.7. The van der Waals surface area contributed by atoms with Crippen molar-refractivity contribution in [1.82, 2.24) is 4.90 Å². The van der Waals surface area contributed by atoms with Gasteiger partial charge in [-0.1, -0.05) is 42.5 Å². The van der Waals surface area contributed by atoms with Gasteiger partial charge in [-0.2, -0.15) is 0 Å². The van der Waals surface area contributed by atoms with Gasteiger partial charge in [0.1, 0.15) is 5.82 Å². The summed E-state index contributed by atoms with van der Waals surface area (Å²) in [6.07, 6.45) is 6.35. The predicted molar refractivity (Wildman–Crippen MR) is 94.9 cm³/mol. The first-order valence-corrected chi connectivity index (χ1v) is 8.47. The maximum absolute atomic E-state index is 13.3. The molecule has 1 amide bonds. The maximum Gasteiger partial charge on any atom is 0.246 e. The number of hydrogen-bond donors (Lipinski definition) is 0. The van der Waals surface area contributed by atoms with Crippen LogP contribution in [0.2, 0.25) is 0 Å². The third-order valence-electron chi connectivity index (χ3n) is 4.56. The number of piperidine rings is 1. The Labute approximate surface area is 142 Å². The van der Waals surface area contributed by atoms with Crippen LogP contribution in [0.5, 0.6) is 0 Å². The molecule has 124 valence electrons. The normalized spacial score (nSPS) is 15.8. The highest BCUT2D eigenvalue weighted by Crippen LogP contribution is 2.22. The lowest BCUT2D eigenvalue weighted by Gasteiger charge is -2.31. The van der Waals surface area contributed by atoms with E-state index >= 15 is 0 Å². The molecule has 1 fully saturated rings. The van der Waals surface area contributed by atoms with Gasteiger partial charge in [0.2, 0.25) is 5.91 Å². The monoisotopic (exact) mass is 323 g/mol. The van der Waals surface area contributed by atoms with Crippen LogP contribution in [0.15, 0.2) is 60.7 Å². The van der Waals surface area contributed by atoms with Crippen molar-refractivity contribution < 1.29 is 9.18 Å². The van der Waals surface area contributed by atoms with Crippen molar-refractivity contribution in [2.24, 2.45) is 5.92 Å². The maximum atomic E-state index is 13.3. The van der Waals surface area contributed by atoms with E-state index in [2.05, 4.69) is 0 Å². The summed E-state index contributed by atoms with van der Waals surface area (Å²) in [5.41, 5.74) is 2.08. The highest BCUT2D eigenvalue weighted by atomic mass is 19.1. The second-order valence-electron chi connectivity index (χ2n) is 6.35. The quantitative estimate of drug-likeness (QED) is 0.767. The van der Waals surface area contributed by atoms with E-state index in [-0.39, 0.29) is 11.7 Å². The molecule has 3 heteroatoms. The fourth-order valence-corrected chi connectivity index (χ4v) is 3.19. The highest BCUT2D eigenvalue weighted by molar-refractivity contribution is 5.91. The van der Waals surface area contributed by atoms with Crippen LogP contribution in [-0.2, 0) is 11.2 Å². The van der Waals surface area contributed by atoms with Gasteiger partial charge in [-0.15, -0.1) is 0 Å². The number of carbonyl (C=O) groups is 1. The van der Waals surface area contributed by atoms with E-state index in [1.807, 2.05) is 47.4 Å². The molecule has 0 N–H and O–H groups in total. The molecule has 3 rings (SSSR count). The molecule has 1 aliphatic heterocycles. The van der Waals surface area contributed by atoms with Crippen molar-refractivity contribution >= 4 is 12.0 Å². The third kappa shape index (κ3) is 4.54. The summed E-state index contributed by atoms with van der Waals surface area (Å²) < 4.78 is 13.3. The minimum absolute atomic E-state index is 0.0723. The van der Waals surface area contributed by atoms with E-state index in [9.17, 15) is 9.18 Å². The molecule has 0 unspecified atom stereocenters. The van der Waals surface area contributed by atoms with Crippen molar-refractivity contribution in [3.63, 3.8) is 0 Å². The molecule has 0 spiro atoms. The Hall–Kier alpha value is -2.42. The Balaban J connectivity index is 1.49. The molecule has 1 aliphatic rings. The minimum Gasteiger partial charge on any atom is -0.339 e. The molecule has 1 saturated heterocycles. The zero-order chi connectivity index (χ0) is 16.8. The standard InChI is InChI=1S/C21H22FNO/c22-20-8-4-7-19(16-20)15-18-11-13-23(14-12-18)21(24)10-9-17-5-2-1-3-6-17/h1-10,16,18H,11-15H2. The average Bonchev–Trinajstić information content (AvgIpc) is 2.61. The Morgan fingerprint density at radius 3 is 2.54 bits per heavy atom. The highest BCUT2D eigenvalue weighted by Gasteiger charge is 2.21. The van der Waals surface area contributed by atoms with Crippen LogP contribution in [0.3, 0.4) is 0 Å². The number of rotatable bonds is 4. The van der Waals surface area contributed by atoms with Gasteiger partial charge in [-0.3, -0.25) is 4.79 Å². The molecular weight excluding hydrogens is 301 g/mol. The molecule has 0 radical (unpaired) electrons. The van der Waals surface area contributed by atoms with E-state index in [1.54, 1.807) is 18.2 Å². The lowest BCUT2D eigenvalue weighted by atomic mass is 9.90. The molecule has 0 bridgehead atoms. The number of nitrogens with zero attached hydrogens (tertiary/aromatic N) is 1. The van der Waals surface area contributed by atoms with Crippen molar-refractivity contribution in [3.8, 4) is 0 Å². The first-order chi connectivity index (χ1) is 11.7. The second-order valence-corrected chi connectivity index (χ2v) is 6.35. The smallest absolute Gasteiger partial charge is 0.246 e. The fourth-order valence-electron chi connectivity index (χ4n) is 3.19. The number of hydrogen-bond acceptors (Lipinski definition) is 1. The minimum atomic E-state index is -0.175. The van der Waals surface area contributed by atoms with Crippen molar-refractivity contribution in [2.75, 3.05) is 13.1 Å². The summed E-state index contributed by atoms with van der Waals surface area (Å²) in [5.74, 6) is 0.420. The molecule has 0 aromatic heterocycles. The van der Waals surface area contributed by atoms with Gasteiger partial charge in [-0.05, 0) is 54.5 Å². The largest absolute Gasteiger partial charge is 0.339 e. The lowest BCUT2D eigenvalue weighted by Crippen LogP contribution is -2.37. The second kappa shape index (κ2) is 7.91. The van der Waals surface area contributed by atoms with E-state index in [0.717, 1.165) is 43.5 Å². The molecule has 2 aromatic carbocycles. The van der Waals surface area contributed by atoms with Gasteiger partial charge in [0, 0.05) is 19.2 Å². The first-order valence-electron chi connectivity index (χ1n) is 8.47. The average molecular weight is 323 g/mol. The van der Waals surface area contributed by atoms with Crippen LogP contribution < -0.4 is 0 Å². The van der Waals surface area contributed by atoms with Gasteiger partial charge in [-0.25, -0.2) is 4.39 Å². The zero-order valence-corrected chi connectivity index (χ0v) is 13.7. The summed E-state index contributed by atoms with van der Waals surface area (Å²) in [7, 11) is 0. The van der Waals surface area contributed by atoms with Gasteiger partial charge in [0.05, 0.1) is 0 Å². The van der Waals surface area contributed by atoms with Gasteiger partial charge in [0.15, 0.2) is 0 Å². The van der Waals surface area contributed by atoms with E-state index in [1.165, 1.54) is 6.07 Å². The lowest BCUT2D eigenvalue weighted by molar-refractivity contribution is -0.127. The Kier molecular flexibility index (Phi) is 5.42. The molecule has 1 heterocycles. The molecule has 2 nitrogen and oxygen atoms in total. The Morgan fingerprint density at radius 1 is 1.08 bits per heavy atom. The SMILES string of the molecule is O=C(C=Cc1ccccc1)N1CCC(Cc2cccc(F)c2)CC1. The molecule has 24 heavy (non-hydrogen) atoms. The number of halogens is 1. The molecule has 2 aromatic rings. The summed E-state index contributed by atoms with van der Waals surface area (Å²) in [6, 6.07) is 16.7. The van der Waals surface area contributed by atoms with Crippen LogP contribution in [0, 0.1) is 11.7 Å². The van der Waals surface area contributed by atoms with Crippen LogP contribution in [0.4, 0.5) is 4.39 Å². The van der Waals surface area contributed by atoms with E-state index < -0.39 is 0 Å². The van der Waals surface area contributed by atoms with Crippen LogP contribution >= 0.6 is 0 Å². The number of carbonyl (C=O) groups excluding carboxylic acids is 1. The first kappa shape index (κ1) is 16.4. The van der Waals surface area contributed by atoms with Crippen LogP contribution in [0.1, 0.15) is 24.0 Å². The van der Waals surface area contributed by atoms with Gasteiger partial charge >= 0.3 is 0 Å². The number of benzene rings is 2. The summed E-state index contributed by atoms with van der Waals surface area (Å²) in [6.45, 7) is 1.55. The molecule has 0 saturated carbocycles.